The Morgan fingerprint density at radius 3 is 2.70 bits per heavy atom. The summed E-state index contributed by atoms with van der Waals surface area (Å²) in [5.41, 5.74) is 3.79. The lowest BCUT2D eigenvalue weighted by Crippen LogP contribution is -2.16. The van der Waals surface area contributed by atoms with Gasteiger partial charge in [-0.25, -0.2) is 0 Å². The number of benzene rings is 1. The van der Waals surface area contributed by atoms with Gasteiger partial charge in [-0.3, -0.25) is 4.79 Å². The highest BCUT2D eigenvalue weighted by Gasteiger charge is 2.20. The normalized spacial score (nSPS) is 15.4. The van der Waals surface area contributed by atoms with Crippen molar-refractivity contribution in [3.05, 3.63) is 59.9 Å². The monoisotopic (exact) mass is 361 g/mol. The Hall–Kier alpha value is -3.68. The smallest absolute Gasteiger partial charge is 0.233 e. The minimum absolute atomic E-state index is 0.0576. The van der Waals surface area contributed by atoms with E-state index in [0.717, 1.165) is 16.8 Å². The van der Waals surface area contributed by atoms with Gasteiger partial charge in [0, 0.05) is 31.0 Å². The highest BCUT2D eigenvalue weighted by molar-refractivity contribution is 5.89. The summed E-state index contributed by atoms with van der Waals surface area (Å²) in [5.74, 6) is 1.05. The predicted molar refractivity (Wildman–Crippen MR) is 105 cm³/mol. The number of allylic oxidation sites excluding steroid dienone is 1. The molecular weight excluding hydrogens is 342 g/mol. The van der Waals surface area contributed by atoms with Gasteiger partial charge in [0.25, 0.3) is 0 Å². The molecule has 0 unspecified atom stereocenters. The average molecular weight is 361 g/mol. The van der Waals surface area contributed by atoms with Crippen molar-refractivity contribution in [3.8, 4) is 0 Å². The first-order valence-electron chi connectivity index (χ1n) is 8.46. The lowest BCUT2D eigenvalue weighted by Gasteiger charge is -2.13. The van der Waals surface area contributed by atoms with Gasteiger partial charge < -0.3 is 15.5 Å². The van der Waals surface area contributed by atoms with Crippen LogP contribution in [0.4, 0.5) is 17.6 Å². The molecule has 2 N–H and O–H groups in total. The summed E-state index contributed by atoms with van der Waals surface area (Å²) in [6.45, 7) is 3.89. The summed E-state index contributed by atoms with van der Waals surface area (Å²) >= 11 is 0. The Bertz CT molecular complexity index is 1070. The van der Waals surface area contributed by atoms with Crippen LogP contribution in [-0.2, 0) is 4.79 Å². The molecule has 4 rings (SSSR count). The molecule has 8 heteroatoms. The van der Waals surface area contributed by atoms with Crippen LogP contribution < -0.4 is 15.5 Å². The minimum Gasteiger partial charge on any atom is -0.347 e. The zero-order valence-electron chi connectivity index (χ0n) is 15.1. The molecule has 0 radical (unpaired) electrons. The molecule has 1 aliphatic heterocycles. The molecule has 0 saturated carbocycles. The van der Waals surface area contributed by atoms with Crippen molar-refractivity contribution < 1.29 is 4.79 Å². The number of hydrogen-bond acceptors (Lipinski definition) is 6. The number of para-hydroxylation sites is 1. The molecule has 0 spiro atoms. The molecule has 136 valence electrons. The van der Waals surface area contributed by atoms with Crippen LogP contribution in [0, 0.1) is 0 Å². The molecule has 1 fully saturated rings. The van der Waals surface area contributed by atoms with Crippen molar-refractivity contribution in [1.82, 2.24) is 24.9 Å². The molecule has 3 heterocycles. The fourth-order valence-electron chi connectivity index (χ4n) is 2.81. The van der Waals surface area contributed by atoms with Gasteiger partial charge in [-0.05, 0) is 23.8 Å². The Morgan fingerprint density at radius 1 is 1.26 bits per heavy atom. The third-order valence-electron chi connectivity index (χ3n) is 4.17. The van der Waals surface area contributed by atoms with E-state index in [2.05, 4.69) is 32.3 Å². The lowest BCUT2D eigenvalue weighted by atomic mass is 10.1. The number of carbonyl (C=O) groups excluding carboxylic acids is 1. The largest absolute Gasteiger partial charge is 0.347 e. The van der Waals surface area contributed by atoms with Crippen LogP contribution in [0.3, 0.4) is 0 Å². The topological polar surface area (TPSA) is 87.5 Å². The number of anilines is 3. The Labute approximate surface area is 156 Å². The van der Waals surface area contributed by atoms with E-state index < -0.39 is 0 Å². The molecule has 1 amide bonds. The lowest BCUT2D eigenvalue weighted by molar-refractivity contribution is -0.118. The van der Waals surface area contributed by atoms with Crippen LogP contribution in [-0.4, -0.2) is 39.6 Å². The second-order valence-electron chi connectivity index (χ2n) is 6.44. The number of aromatic nitrogens is 4. The van der Waals surface area contributed by atoms with E-state index in [-0.39, 0.29) is 5.91 Å². The second-order valence-corrected chi connectivity index (χ2v) is 6.44. The molecule has 27 heavy (non-hydrogen) atoms. The summed E-state index contributed by atoms with van der Waals surface area (Å²) in [4.78, 5) is 22.6. The molecule has 0 aliphatic carbocycles. The fraction of sp³-hybridized carbons (Fsp3) is 0.158. The molecule has 0 atom stereocenters. The van der Waals surface area contributed by atoms with Gasteiger partial charge in [-0.2, -0.15) is 19.6 Å². The summed E-state index contributed by atoms with van der Waals surface area (Å²) in [6, 6.07) is 9.75. The van der Waals surface area contributed by atoms with Gasteiger partial charge in [0.05, 0.1) is 12.6 Å². The average Bonchev–Trinajstić information content (AvgIpc) is 3.19. The molecule has 0 bridgehead atoms. The van der Waals surface area contributed by atoms with Gasteiger partial charge in [-0.1, -0.05) is 24.8 Å². The number of amides is 1. The summed E-state index contributed by atoms with van der Waals surface area (Å²) in [6.07, 6.45) is 3.90. The van der Waals surface area contributed by atoms with Crippen LogP contribution in [0.5, 0.6) is 0 Å². The number of carbonyl (C=O) groups is 1. The van der Waals surface area contributed by atoms with Crippen LogP contribution in [0.25, 0.3) is 11.7 Å². The van der Waals surface area contributed by atoms with Gasteiger partial charge >= 0.3 is 0 Å². The maximum absolute atomic E-state index is 11.6. The van der Waals surface area contributed by atoms with Crippen molar-refractivity contribution in [2.45, 2.75) is 6.42 Å². The molecule has 8 nitrogen and oxygen atoms in total. The third kappa shape index (κ3) is 3.24. The third-order valence-corrected chi connectivity index (χ3v) is 4.17. The van der Waals surface area contributed by atoms with Crippen molar-refractivity contribution in [1.29, 1.82) is 0 Å². The number of nitrogens with zero attached hydrogens (tertiary/aromatic N) is 5. The first-order valence-corrected chi connectivity index (χ1v) is 8.46. The van der Waals surface area contributed by atoms with Crippen LogP contribution in [0.2, 0.25) is 0 Å². The van der Waals surface area contributed by atoms with E-state index in [4.69, 9.17) is 0 Å². The molecule has 1 aromatic carbocycles. The Kier molecular flexibility index (Phi) is 4.08. The van der Waals surface area contributed by atoms with Crippen molar-refractivity contribution in [2.75, 3.05) is 24.3 Å². The van der Waals surface area contributed by atoms with Gasteiger partial charge in [0.1, 0.15) is 0 Å². The van der Waals surface area contributed by atoms with Crippen molar-refractivity contribution in [3.63, 3.8) is 0 Å². The van der Waals surface area contributed by atoms with E-state index >= 15 is 0 Å². The maximum atomic E-state index is 11.6. The Balaban J connectivity index is 1.82. The summed E-state index contributed by atoms with van der Waals surface area (Å²) in [7, 11) is 3.77. The van der Waals surface area contributed by atoms with Gasteiger partial charge in [-0.15, -0.1) is 0 Å². The minimum atomic E-state index is -0.0576. The number of hydrogen-bond donors (Lipinski definition) is 2. The molecular formula is C19H19N7O. The van der Waals surface area contributed by atoms with E-state index in [1.807, 2.05) is 55.4 Å². The zero-order valence-corrected chi connectivity index (χ0v) is 15.1. The first kappa shape index (κ1) is 16.8. The predicted octanol–water partition coefficient (Wildman–Crippen LogP) is 2.35. The van der Waals surface area contributed by atoms with E-state index in [0.29, 0.717) is 29.7 Å². The fourth-order valence-corrected chi connectivity index (χ4v) is 2.81. The number of nitrogens with one attached hydrogen (secondary N) is 2. The van der Waals surface area contributed by atoms with Crippen molar-refractivity contribution >= 4 is 35.2 Å². The van der Waals surface area contributed by atoms with E-state index in [9.17, 15) is 4.79 Å². The van der Waals surface area contributed by atoms with Gasteiger partial charge in [0.2, 0.25) is 17.8 Å². The maximum Gasteiger partial charge on any atom is 0.233 e. The van der Waals surface area contributed by atoms with Crippen LogP contribution >= 0.6 is 0 Å². The summed E-state index contributed by atoms with van der Waals surface area (Å²) < 4.78 is 1.65. The quantitative estimate of drug-likeness (QED) is 0.742. The highest BCUT2D eigenvalue weighted by atomic mass is 16.1. The Morgan fingerprint density at radius 2 is 2.04 bits per heavy atom. The standard InChI is InChI=1S/C19H19N7O/c1-12-13(10-16(27)21-12)9-14-11-20-26-17(14)23-18(25(2)3)24-19(26)22-15-7-5-4-6-8-15/h4-9,11H,1,10H2,2-3H3,(H,21,27)(H,22,23,24)/b13-9+. The zero-order chi connectivity index (χ0) is 19.0. The molecule has 1 aliphatic rings. The van der Waals surface area contributed by atoms with Crippen molar-refractivity contribution in [2.24, 2.45) is 0 Å². The second kappa shape index (κ2) is 6.56. The first-order chi connectivity index (χ1) is 13.0. The summed E-state index contributed by atoms with van der Waals surface area (Å²) in [5, 5.41) is 10.4. The number of rotatable bonds is 4. The molecule has 1 saturated heterocycles. The highest BCUT2D eigenvalue weighted by Crippen LogP contribution is 2.25. The molecule has 3 aromatic rings. The molecule has 2 aromatic heterocycles. The number of fused-ring (bicyclic) bond motifs is 1. The van der Waals surface area contributed by atoms with Crippen LogP contribution in [0.1, 0.15) is 12.0 Å². The van der Waals surface area contributed by atoms with Gasteiger partial charge in [0.15, 0.2) is 5.65 Å². The van der Waals surface area contributed by atoms with E-state index in [1.54, 1.807) is 10.7 Å². The van der Waals surface area contributed by atoms with Crippen LogP contribution in [0.15, 0.2) is 54.4 Å². The van der Waals surface area contributed by atoms with E-state index in [1.165, 1.54) is 0 Å². The SMILES string of the molecule is C=C1NC(=O)C/C1=C\c1cnn2c(Nc3ccccc3)nc(N(C)C)nc12.